The van der Waals surface area contributed by atoms with E-state index in [1.165, 1.54) is 0 Å². The van der Waals surface area contributed by atoms with Crippen LogP contribution in [-0.4, -0.2) is 45.6 Å². The van der Waals surface area contributed by atoms with Gasteiger partial charge in [0.15, 0.2) is 0 Å². The molecule has 0 spiro atoms. The van der Waals surface area contributed by atoms with Crippen molar-refractivity contribution in [3.63, 3.8) is 0 Å². The second-order valence-electron chi connectivity index (χ2n) is 5.33. The van der Waals surface area contributed by atoms with Crippen molar-refractivity contribution < 1.29 is 13.2 Å². The summed E-state index contributed by atoms with van der Waals surface area (Å²) in [5, 5.41) is 3.07. The minimum absolute atomic E-state index is 0.00526. The summed E-state index contributed by atoms with van der Waals surface area (Å²) in [7, 11) is -1.60. The third kappa shape index (κ3) is 3.45. The zero-order valence-electron chi connectivity index (χ0n) is 12.9. The highest BCUT2D eigenvalue weighted by Crippen LogP contribution is 2.24. The van der Waals surface area contributed by atoms with Crippen LogP contribution in [0.3, 0.4) is 0 Å². The smallest absolute Gasteiger partial charge is 0.243 e. The molecular formula is C15H24N2O3S. The van der Waals surface area contributed by atoms with E-state index in [1.807, 2.05) is 33.0 Å². The Hall–Kier alpha value is -0.950. The summed E-state index contributed by atoms with van der Waals surface area (Å²) >= 11 is 0. The van der Waals surface area contributed by atoms with Gasteiger partial charge in [-0.3, -0.25) is 0 Å². The van der Waals surface area contributed by atoms with E-state index < -0.39 is 10.0 Å². The Balaban J connectivity index is 2.33. The van der Waals surface area contributed by atoms with Crippen molar-refractivity contribution in [3.05, 3.63) is 29.3 Å². The lowest BCUT2D eigenvalue weighted by molar-refractivity contribution is -0.00279. The first-order chi connectivity index (χ1) is 10.0. The summed E-state index contributed by atoms with van der Waals surface area (Å²) in [6, 6.07) is 5.46. The van der Waals surface area contributed by atoms with E-state index in [0.29, 0.717) is 31.1 Å². The molecule has 118 valence electrons. The van der Waals surface area contributed by atoms with Gasteiger partial charge in [-0.15, -0.1) is 0 Å². The van der Waals surface area contributed by atoms with Crippen LogP contribution in [0.2, 0.25) is 0 Å². The molecule has 0 aromatic heterocycles. The molecule has 0 saturated carbocycles. The Morgan fingerprint density at radius 1 is 1.43 bits per heavy atom. The quantitative estimate of drug-likeness (QED) is 0.895. The van der Waals surface area contributed by atoms with Crippen molar-refractivity contribution in [2.45, 2.75) is 37.8 Å². The number of hydrogen-bond acceptors (Lipinski definition) is 4. The zero-order valence-corrected chi connectivity index (χ0v) is 13.7. The molecule has 21 heavy (non-hydrogen) atoms. The van der Waals surface area contributed by atoms with Crippen LogP contribution in [-0.2, 0) is 21.3 Å². The van der Waals surface area contributed by atoms with Gasteiger partial charge in [0.05, 0.1) is 17.6 Å². The molecule has 0 aliphatic carbocycles. The first-order valence-corrected chi connectivity index (χ1v) is 8.79. The van der Waals surface area contributed by atoms with Crippen LogP contribution in [0.4, 0.5) is 0 Å². The standard InChI is InChI=1S/C15H24N2O3S/c1-4-14-11-17(8-9-20-14)21(18,19)15-7-5-6-13(10-16-3)12(15)2/h5-7,14,16H,4,8-11H2,1-3H3. The van der Waals surface area contributed by atoms with Crippen LogP contribution in [0.1, 0.15) is 24.5 Å². The van der Waals surface area contributed by atoms with Gasteiger partial charge in [-0.25, -0.2) is 8.42 Å². The molecule has 0 radical (unpaired) electrons. The van der Waals surface area contributed by atoms with Gasteiger partial charge in [0.25, 0.3) is 0 Å². The number of hydrogen-bond donors (Lipinski definition) is 1. The molecule has 1 aliphatic rings. The van der Waals surface area contributed by atoms with Crippen molar-refractivity contribution in [1.29, 1.82) is 0 Å². The maximum Gasteiger partial charge on any atom is 0.243 e. The molecule has 1 atom stereocenters. The maximum atomic E-state index is 12.9. The van der Waals surface area contributed by atoms with Crippen LogP contribution in [0.5, 0.6) is 0 Å². The average molecular weight is 312 g/mol. The van der Waals surface area contributed by atoms with Gasteiger partial charge in [0.2, 0.25) is 10.0 Å². The summed E-state index contributed by atoms with van der Waals surface area (Å²) < 4.78 is 32.9. The van der Waals surface area contributed by atoms with E-state index in [1.54, 1.807) is 10.4 Å². The number of benzene rings is 1. The molecule has 1 aromatic rings. The predicted octanol–water partition coefficient (Wildman–Crippen LogP) is 1.51. The number of ether oxygens (including phenoxy) is 1. The molecule has 1 heterocycles. The van der Waals surface area contributed by atoms with Crippen LogP contribution in [0, 0.1) is 6.92 Å². The number of morpholine rings is 1. The van der Waals surface area contributed by atoms with Crippen molar-refractivity contribution in [2.24, 2.45) is 0 Å². The Morgan fingerprint density at radius 3 is 2.86 bits per heavy atom. The minimum Gasteiger partial charge on any atom is -0.375 e. The molecule has 1 saturated heterocycles. The van der Waals surface area contributed by atoms with Crippen LogP contribution < -0.4 is 5.32 Å². The number of nitrogens with zero attached hydrogens (tertiary/aromatic N) is 1. The first-order valence-electron chi connectivity index (χ1n) is 7.35. The van der Waals surface area contributed by atoms with Crippen molar-refractivity contribution >= 4 is 10.0 Å². The highest BCUT2D eigenvalue weighted by molar-refractivity contribution is 7.89. The highest BCUT2D eigenvalue weighted by atomic mass is 32.2. The normalized spacial score (nSPS) is 20.6. The molecule has 1 unspecified atom stereocenters. The number of rotatable bonds is 5. The van der Waals surface area contributed by atoms with E-state index in [4.69, 9.17) is 4.74 Å². The Morgan fingerprint density at radius 2 is 2.19 bits per heavy atom. The third-order valence-electron chi connectivity index (χ3n) is 3.94. The van der Waals surface area contributed by atoms with Crippen LogP contribution in [0.25, 0.3) is 0 Å². The fourth-order valence-corrected chi connectivity index (χ4v) is 4.34. The van der Waals surface area contributed by atoms with Crippen molar-refractivity contribution in [1.82, 2.24) is 9.62 Å². The van der Waals surface area contributed by atoms with E-state index in [2.05, 4.69) is 5.32 Å². The largest absolute Gasteiger partial charge is 0.375 e. The van der Waals surface area contributed by atoms with Gasteiger partial charge >= 0.3 is 0 Å². The van der Waals surface area contributed by atoms with E-state index in [0.717, 1.165) is 17.5 Å². The van der Waals surface area contributed by atoms with Crippen LogP contribution >= 0.6 is 0 Å². The van der Waals surface area contributed by atoms with Crippen LogP contribution in [0.15, 0.2) is 23.1 Å². The summed E-state index contributed by atoms with van der Waals surface area (Å²) in [6.45, 7) is 5.88. The second kappa shape index (κ2) is 6.87. The SMILES string of the molecule is CCC1CN(S(=O)(=O)c2cccc(CNC)c2C)CCO1. The summed E-state index contributed by atoms with van der Waals surface area (Å²) in [5.41, 5.74) is 1.84. The predicted molar refractivity (Wildman–Crippen MR) is 82.7 cm³/mol. The van der Waals surface area contributed by atoms with Gasteiger partial charge < -0.3 is 10.1 Å². The molecule has 5 nitrogen and oxygen atoms in total. The van der Waals surface area contributed by atoms with E-state index in [9.17, 15) is 8.42 Å². The fourth-order valence-electron chi connectivity index (χ4n) is 2.62. The second-order valence-corrected chi connectivity index (χ2v) is 7.24. The van der Waals surface area contributed by atoms with Gasteiger partial charge in [0.1, 0.15) is 0 Å². The molecule has 0 bridgehead atoms. The van der Waals surface area contributed by atoms with Crippen molar-refractivity contribution in [3.8, 4) is 0 Å². The third-order valence-corrected chi connectivity index (χ3v) is 5.95. The minimum atomic E-state index is -3.45. The molecule has 1 fully saturated rings. The summed E-state index contributed by atoms with van der Waals surface area (Å²) in [4.78, 5) is 0.409. The highest BCUT2D eigenvalue weighted by Gasteiger charge is 2.31. The Labute approximate surface area is 127 Å². The first kappa shape index (κ1) is 16.4. The van der Waals surface area contributed by atoms with Crippen molar-refractivity contribution in [2.75, 3.05) is 26.7 Å². The Bertz CT molecular complexity index is 587. The van der Waals surface area contributed by atoms with Gasteiger partial charge in [0, 0.05) is 19.6 Å². The van der Waals surface area contributed by atoms with E-state index in [-0.39, 0.29) is 6.10 Å². The maximum absolute atomic E-state index is 12.9. The molecule has 1 aromatic carbocycles. The molecule has 1 N–H and O–H groups in total. The monoisotopic (exact) mass is 312 g/mol. The zero-order chi connectivity index (χ0) is 15.5. The molecule has 6 heteroatoms. The lowest BCUT2D eigenvalue weighted by Crippen LogP contribution is -2.45. The lowest BCUT2D eigenvalue weighted by atomic mass is 10.1. The molecule has 1 aliphatic heterocycles. The lowest BCUT2D eigenvalue weighted by Gasteiger charge is -2.32. The molecule has 0 amide bonds. The molecule has 2 rings (SSSR count). The number of sulfonamides is 1. The fraction of sp³-hybridized carbons (Fsp3) is 0.600. The van der Waals surface area contributed by atoms with E-state index >= 15 is 0 Å². The molecular weight excluding hydrogens is 288 g/mol. The summed E-state index contributed by atoms with van der Waals surface area (Å²) in [5.74, 6) is 0. The number of nitrogens with one attached hydrogen (secondary N) is 1. The Kier molecular flexibility index (Phi) is 5.37. The topological polar surface area (TPSA) is 58.6 Å². The van der Waals surface area contributed by atoms with Gasteiger partial charge in [-0.05, 0) is 37.6 Å². The van der Waals surface area contributed by atoms with Gasteiger partial charge in [-0.1, -0.05) is 19.1 Å². The summed E-state index contributed by atoms with van der Waals surface area (Å²) in [6.07, 6.45) is 0.819. The van der Waals surface area contributed by atoms with Gasteiger partial charge in [-0.2, -0.15) is 4.31 Å². The average Bonchev–Trinajstić information content (AvgIpc) is 2.49.